The molecule has 1 saturated carbocycles. The molecule has 21 heavy (non-hydrogen) atoms. The lowest BCUT2D eigenvalue weighted by Crippen LogP contribution is -2.22. The van der Waals surface area contributed by atoms with Crippen LogP contribution in [0.4, 0.5) is 5.69 Å². The number of nitro groups is 1. The van der Waals surface area contributed by atoms with Gasteiger partial charge in [0.15, 0.2) is 0 Å². The van der Waals surface area contributed by atoms with Gasteiger partial charge in [-0.1, -0.05) is 44.7 Å². The van der Waals surface area contributed by atoms with Crippen molar-refractivity contribution in [1.82, 2.24) is 5.32 Å². The SMILES string of the molecule is CCC(NCCCC1CCCC1)c1cccc([N+](=O)[O-])c1. The van der Waals surface area contributed by atoms with Crippen LogP contribution in [0.1, 0.15) is 63.5 Å². The molecule has 1 aliphatic rings. The molecule has 0 bridgehead atoms. The third-order valence-corrected chi connectivity index (χ3v) is 4.55. The highest BCUT2D eigenvalue weighted by Gasteiger charge is 2.15. The molecule has 0 amide bonds. The predicted octanol–water partition coefficient (Wildman–Crippen LogP) is 4.61. The van der Waals surface area contributed by atoms with Crippen LogP contribution < -0.4 is 5.32 Å². The van der Waals surface area contributed by atoms with Gasteiger partial charge in [0.05, 0.1) is 4.92 Å². The van der Waals surface area contributed by atoms with Crippen LogP contribution in [0.15, 0.2) is 24.3 Å². The summed E-state index contributed by atoms with van der Waals surface area (Å²) in [6.45, 7) is 3.12. The van der Waals surface area contributed by atoms with E-state index in [4.69, 9.17) is 0 Å². The molecule has 116 valence electrons. The largest absolute Gasteiger partial charge is 0.310 e. The summed E-state index contributed by atoms with van der Waals surface area (Å²) < 4.78 is 0. The van der Waals surface area contributed by atoms with E-state index < -0.39 is 0 Å². The second kappa shape index (κ2) is 8.13. The molecule has 1 unspecified atom stereocenters. The minimum atomic E-state index is -0.323. The van der Waals surface area contributed by atoms with Gasteiger partial charge in [0, 0.05) is 18.2 Å². The Balaban J connectivity index is 1.81. The van der Waals surface area contributed by atoms with Crippen LogP contribution in [0.2, 0.25) is 0 Å². The van der Waals surface area contributed by atoms with Crippen LogP contribution in [0.5, 0.6) is 0 Å². The van der Waals surface area contributed by atoms with Crippen molar-refractivity contribution in [2.24, 2.45) is 5.92 Å². The standard InChI is InChI=1S/C17H26N2O2/c1-2-17(15-10-5-11-16(13-15)19(20)21)18-12-6-9-14-7-3-4-8-14/h5,10-11,13-14,17-18H,2-4,6-9,12H2,1H3. The number of hydrogen-bond acceptors (Lipinski definition) is 3. The third-order valence-electron chi connectivity index (χ3n) is 4.55. The van der Waals surface area contributed by atoms with Crippen molar-refractivity contribution in [3.8, 4) is 0 Å². The van der Waals surface area contributed by atoms with E-state index in [1.165, 1.54) is 38.5 Å². The zero-order valence-electron chi connectivity index (χ0n) is 12.9. The first-order valence-corrected chi connectivity index (χ1v) is 8.18. The number of nitrogens with zero attached hydrogens (tertiary/aromatic N) is 1. The molecule has 1 aromatic carbocycles. The molecular formula is C17H26N2O2. The van der Waals surface area contributed by atoms with E-state index in [-0.39, 0.29) is 16.7 Å². The van der Waals surface area contributed by atoms with Crippen molar-refractivity contribution in [2.45, 2.75) is 57.9 Å². The maximum atomic E-state index is 10.9. The first-order valence-electron chi connectivity index (χ1n) is 8.18. The molecule has 1 aliphatic carbocycles. The maximum absolute atomic E-state index is 10.9. The average Bonchev–Trinajstić information content (AvgIpc) is 3.01. The minimum absolute atomic E-state index is 0.179. The van der Waals surface area contributed by atoms with Crippen molar-refractivity contribution in [3.63, 3.8) is 0 Å². The van der Waals surface area contributed by atoms with Crippen molar-refractivity contribution in [2.75, 3.05) is 6.54 Å². The zero-order chi connectivity index (χ0) is 15.1. The van der Waals surface area contributed by atoms with Gasteiger partial charge in [0.2, 0.25) is 0 Å². The fraction of sp³-hybridized carbons (Fsp3) is 0.647. The van der Waals surface area contributed by atoms with Gasteiger partial charge >= 0.3 is 0 Å². The van der Waals surface area contributed by atoms with Crippen LogP contribution in [-0.4, -0.2) is 11.5 Å². The van der Waals surface area contributed by atoms with Gasteiger partial charge in [-0.15, -0.1) is 0 Å². The molecule has 1 atom stereocenters. The molecule has 0 heterocycles. The minimum Gasteiger partial charge on any atom is -0.310 e. The molecule has 1 fully saturated rings. The number of nitro benzene ring substituents is 1. The normalized spacial score (nSPS) is 17.0. The van der Waals surface area contributed by atoms with Crippen LogP contribution in [0, 0.1) is 16.0 Å². The maximum Gasteiger partial charge on any atom is 0.269 e. The molecule has 0 aromatic heterocycles. The molecule has 2 rings (SSSR count). The highest BCUT2D eigenvalue weighted by Crippen LogP contribution is 2.28. The van der Waals surface area contributed by atoms with Crippen LogP contribution in [-0.2, 0) is 0 Å². The number of nitrogens with one attached hydrogen (secondary N) is 1. The van der Waals surface area contributed by atoms with E-state index in [0.29, 0.717) is 0 Å². The molecule has 1 N–H and O–H groups in total. The second-order valence-electron chi connectivity index (χ2n) is 6.06. The van der Waals surface area contributed by atoms with Crippen LogP contribution in [0.25, 0.3) is 0 Å². The summed E-state index contributed by atoms with van der Waals surface area (Å²) >= 11 is 0. The quantitative estimate of drug-likeness (QED) is 0.432. The van der Waals surface area contributed by atoms with Crippen molar-refractivity contribution < 1.29 is 4.92 Å². The molecule has 0 aliphatic heterocycles. The fourth-order valence-corrected chi connectivity index (χ4v) is 3.32. The Morgan fingerprint density at radius 1 is 1.38 bits per heavy atom. The molecular weight excluding hydrogens is 264 g/mol. The van der Waals surface area contributed by atoms with Crippen molar-refractivity contribution in [3.05, 3.63) is 39.9 Å². The van der Waals surface area contributed by atoms with Gasteiger partial charge < -0.3 is 5.32 Å². The summed E-state index contributed by atoms with van der Waals surface area (Å²) in [6, 6.07) is 7.21. The molecule has 0 radical (unpaired) electrons. The molecule has 0 saturated heterocycles. The number of rotatable bonds is 8. The average molecular weight is 290 g/mol. The Kier molecular flexibility index (Phi) is 6.18. The zero-order valence-corrected chi connectivity index (χ0v) is 12.9. The Bertz CT molecular complexity index is 456. The van der Waals surface area contributed by atoms with E-state index >= 15 is 0 Å². The number of non-ortho nitro benzene ring substituents is 1. The van der Waals surface area contributed by atoms with Crippen molar-refractivity contribution in [1.29, 1.82) is 0 Å². The van der Waals surface area contributed by atoms with Gasteiger partial charge in [-0.05, 0) is 37.3 Å². The molecule has 0 spiro atoms. The Labute approximate surface area is 127 Å². The van der Waals surface area contributed by atoms with Gasteiger partial charge in [-0.3, -0.25) is 10.1 Å². The van der Waals surface area contributed by atoms with Gasteiger partial charge in [-0.25, -0.2) is 0 Å². The van der Waals surface area contributed by atoms with Crippen molar-refractivity contribution >= 4 is 5.69 Å². The smallest absolute Gasteiger partial charge is 0.269 e. The summed E-state index contributed by atoms with van der Waals surface area (Å²) in [5.41, 5.74) is 1.20. The first-order chi connectivity index (χ1) is 10.2. The number of hydrogen-bond donors (Lipinski definition) is 1. The summed E-state index contributed by atoms with van der Waals surface area (Å²) in [7, 11) is 0. The predicted molar refractivity (Wildman–Crippen MR) is 85.3 cm³/mol. The summed E-state index contributed by atoms with van der Waals surface area (Å²) in [5.74, 6) is 0.935. The highest BCUT2D eigenvalue weighted by molar-refractivity contribution is 5.35. The lowest BCUT2D eigenvalue weighted by molar-refractivity contribution is -0.384. The Morgan fingerprint density at radius 3 is 2.81 bits per heavy atom. The van der Waals surface area contributed by atoms with Gasteiger partial charge in [-0.2, -0.15) is 0 Å². The fourth-order valence-electron chi connectivity index (χ4n) is 3.32. The van der Waals surface area contributed by atoms with E-state index in [9.17, 15) is 10.1 Å². The molecule has 4 heteroatoms. The number of benzene rings is 1. The highest BCUT2D eigenvalue weighted by atomic mass is 16.6. The van der Waals surface area contributed by atoms with Gasteiger partial charge in [0.1, 0.15) is 0 Å². The Hall–Kier alpha value is -1.42. The van der Waals surface area contributed by atoms with E-state index in [1.807, 2.05) is 6.07 Å². The van der Waals surface area contributed by atoms with E-state index in [0.717, 1.165) is 24.4 Å². The third kappa shape index (κ3) is 4.81. The topological polar surface area (TPSA) is 55.2 Å². The molecule has 1 aromatic rings. The van der Waals surface area contributed by atoms with Crippen LogP contribution in [0.3, 0.4) is 0 Å². The lowest BCUT2D eigenvalue weighted by atomic mass is 10.0. The Morgan fingerprint density at radius 2 is 2.14 bits per heavy atom. The van der Waals surface area contributed by atoms with Crippen LogP contribution >= 0.6 is 0 Å². The summed E-state index contributed by atoms with van der Waals surface area (Å²) in [6.07, 6.45) is 9.09. The first kappa shape index (κ1) is 16.0. The van der Waals surface area contributed by atoms with E-state index in [2.05, 4.69) is 12.2 Å². The lowest BCUT2D eigenvalue weighted by Gasteiger charge is -2.18. The summed E-state index contributed by atoms with van der Waals surface area (Å²) in [4.78, 5) is 10.5. The monoisotopic (exact) mass is 290 g/mol. The van der Waals surface area contributed by atoms with Gasteiger partial charge in [0.25, 0.3) is 5.69 Å². The van der Waals surface area contributed by atoms with E-state index in [1.54, 1.807) is 18.2 Å². The molecule has 4 nitrogen and oxygen atoms in total. The second-order valence-corrected chi connectivity index (χ2v) is 6.06. The summed E-state index contributed by atoms with van der Waals surface area (Å²) in [5, 5.41) is 14.4.